The van der Waals surface area contributed by atoms with Crippen molar-refractivity contribution in [1.29, 1.82) is 0 Å². The summed E-state index contributed by atoms with van der Waals surface area (Å²) in [7, 11) is 1.60. The van der Waals surface area contributed by atoms with Crippen LogP contribution in [-0.2, 0) is 9.47 Å². The number of nitroso groups, excluding NO2 is 1. The minimum absolute atomic E-state index is 0.0168. The van der Waals surface area contributed by atoms with Gasteiger partial charge in [0.1, 0.15) is 6.61 Å². The summed E-state index contributed by atoms with van der Waals surface area (Å²) >= 11 is 0. The normalized spacial score (nSPS) is 10.9. The Morgan fingerprint density at radius 3 is 2.25 bits per heavy atom. The Labute approximate surface area is 164 Å². The number of benzene rings is 1. The molecule has 0 saturated heterocycles. The molecule has 28 heavy (non-hydrogen) atoms. The molecule has 0 aliphatic carbocycles. The van der Waals surface area contributed by atoms with Gasteiger partial charge in [-0.15, -0.1) is 4.91 Å². The summed E-state index contributed by atoms with van der Waals surface area (Å²) in [6, 6.07) is 11.2. The predicted octanol–water partition coefficient (Wildman–Crippen LogP) is 2.77. The van der Waals surface area contributed by atoms with Gasteiger partial charge in [0.25, 0.3) is 0 Å². The third kappa shape index (κ3) is 7.83. The number of pyridine rings is 1. The standard InChI is InChI=1S/C20H25N3O5/c1-23(22-25)19-7-4-17(5-8-19)2-3-18-6-9-20(21-16-18)28-15-14-27-13-12-26-11-10-24/h2-9,16,24H,10-15H2,1H3/b3-2+. The maximum Gasteiger partial charge on any atom is 0.213 e. The van der Waals surface area contributed by atoms with Crippen molar-refractivity contribution in [3.8, 4) is 5.88 Å². The molecule has 8 heteroatoms. The van der Waals surface area contributed by atoms with Crippen LogP contribution < -0.4 is 9.75 Å². The fourth-order valence-corrected chi connectivity index (χ4v) is 2.21. The summed E-state index contributed by atoms with van der Waals surface area (Å²) in [5.41, 5.74) is 2.68. The lowest BCUT2D eigenvalue weighted by Gasteiger charge is -2.08. The van der Waals surface area contributed by atoms with Gasteiger partial charge in [-0.25, -0.2) is 9.99 Å². The molecule has 0 amide bonds. The van der Waals surface area contributed by atoms with Crippen molar-refractivity contribution in [2.75, 3.05) is 51.7 Å². The molecule has 0 fully saturated rings. The molecule has 0 aliphatic heterocycles. The van der Waals surface area contributed by atoms with Gasteiger partial charge in [-0.3, -0.25) is 0 Å². The summed E-state index contributed by atoms with van der Waals surface area (Å²) in [6.45, 7) is 2.10. The van der Waals surface area contributed by atoms with E-state index in [9.17, 15) is 4.91 Å². The Morgan fingerprint density at radius 2 is 1.61 bits per heavy atom. The van der Waals surface area contributed by atoms with Gasteiger partial charge in [-0.1, -0.05) is 24.3 Å². The van der Waals surface area contributed by atoms with E-state index in [4.69, 9.17) is 19.3 Å². The van der Waals surface area contributed by atoms with Crippen molar-refractivity contribution in [3.63, 3.8) is 0 Å². The molecule has 2 rings (SSSR count). The third-order valence-corrected chi connectivity index (χ3v) is 3.70. The average Bonchev–Trinajstić information content (AvgIpc) is 2.75. The Morgan fingerprint density at radius 1 is 0.964 bits per heavy atom. The first-order valence-corrected chi connectivity index (χ1v) is 8.93. The van der Waals surface area contributed by atoms with Gasteiger partial charge in [0.05, 0.1) is 44.0 Å². The lowest BCUT2D eigenvalue weighted by Crippen LogP contribution is -2.12. The molecule has 0 saturated carbocycles. The van der Waals surface area contributed by atoms with Crippen LogP contribution >= 0.6 is 0 Å². The highest BCUT2D eigenvalue weighted by Gasteiger charge is 1.99. The molecule has 0 unspecified atom stereocenters. The van der Waals surface area contributed by atoms with Crippen LogP contribution in [0.1, 0.15) is 11.1 Å². The molecule has 1 aromatic carbocycles. The number of nitrogens with zero attached hydrogens (tertiary/aromatic N) is 3. The van der Waals surface area contributed by atoms with E-state index in [2.05, 4.69) is 10.3 Å². The van der Waals surface area contributed by atoms with Gasteiger partial charge in [0.2, 0.25) is 5.88 Å². The van der Waals surface area contributed by atoms with Crippen LogP contribution in [0.4, 0.5) is 5.69 Å². The lowest BCUT2D eigenvalue weighted by atomic mass is 10.1. The maximum atomic E-state index is 10.5. The summed E-state index contributed by atoms with van der Waals surface area (Å²) in [5.74, 6) is 0.533. The van der Waals surface area contributed by atoms with Crippen molar-refractivity contribution in [2.24, 2.45) is 5.29 Å². The van der Waals surface area contributed by atoms with Gasteiger partial charge in [-0.2, -0.15) is 0 Å². The molecule has 2 aromatic rings. The van der Waals surface area contributed by atoms with E-state index >= 15 is 0 Å². The number of anilines is 1. The summed E-state index contributed by atoms with van der Waals surface area (Å²) in [6.07, 6.45) is 5.64. The first-order valence-electron chi connectivity index (χ1n) is 8.93. The van der Waals surface area contributed by atoms with E-state index in [-0.39, 0.29) is 6.61 Å². The molecule has 1 aromatic heterocycles. The van der Waals surface area contributed by atoms with Crippen molar-refractivity contribution < 1.29 is 19.3 Å². The first-order chi connectivity index (χ1) is 13.7. The van der Waals surface area contributed by atoms with E-state index < -0.39 is 0 Å². The van der Waals surface area contributed by atoms with E-state index in [1.165, 1.54) is 5.01 Å². The topological polar surface area (TPSA) is 93.5 Å². The Balaban J connectivity index is 1.72. The van der Waals surface area contributed by atoms with E-state index in [1.54, 1.807) is 19.3 Å². The summed E-state index contributed by atoms with van der Waals surface area (Å²) in [5, 5.41) is 12.7. The van der Waals surface area contributed by atoms with Crippen molar-refractivity contribution >= 4 is 17.8 Å². The highest BCUT2D eigenvalue weighted by atomic mass is 16.5. The quantitative estimate of drug-likeness (QED) is 0.321. The third-order valence-electron chi connectivity index (χ3n) is 3.70. The molecule has 150 valence electrons. The predicted molar refractivity (Wildman–Crippen MR) is 108 cm³/mol. The highest BCUT2D eigenvalue weighted by Crippen LogP contribution is 2.16. The van der Waals surface area contributed by atoms with Crippen LogP contribution in [0.3, 0.4) is 0 Å². The zero-order chi connectivity index (χ0) is 20.0. The Hall–Kier alpha value is -2.81. The number of aliphatic hydroxyl groups is 1. The largest absolute Gasteiger partial charge is 0.475 e. The van der Waals surface area contributed by atoms with Gasteiger partial charge < -0.3 is 19.3 Å². The van der Waals surface area contributed by atoms with Crippen LogP contribution in [0, 0.1) is 4.91 Å². The first kappa shape index (κ1) is 21.5. The fraction of sp³-hybridized carbons (Fsp3) is 0.350. The van der Waals surface area contributed by atoms with Gasteiger partial charge in [0.15, 0.2) is 0 Å². The van der Waals surface area contributed by atoms with Crippen LogP contribution in [-0.4, -0.2) is 56.8 Å². The number of aliphatic hydroxyl groups excluding tert-OH is 1. The molecule has 0 spiro atoms. The van der Waals surface area contributed by atoms with Crippen LogP contribution in [0.5, 0.6) is 5.88 Å². The van der Waals surface area contributed by atoms with E-state index in [1.807, 2.05) is 42.5 Å². The molecule has 0 aliphatic rings. The number of aromatic nitrogens is 1. The Bertz CT molecular complexity index is 720. The second-order valence-corrected chi connectivity index (χ2v) is 5.76. The summed E-state index contributed by atoms with van der Waals surface area (Å²) in [4.78, 5) is 14.8. The van der Waals surface area contributed by atoms with Crippen molar-refractivity contribution in [2.45, 2.75) is 0 Å². The minimum Gasteiger partial charge on any atom is -0.475 e. The van der Waals surface area contributed by atoms with Crippen LogP contribution in [0.15, 0.2) is 47.9 Å². The second kappa shape index (κ2) is 12.6. The fourth-order valence-electron chi connectivity index (χ4n) is 2.21. The lowest BCUT2D eigenvalue weighted by molar-refractivity contribution is 0.0243. The summed E-state index contributed by atoms with van der Waals surface area (Å²) < 4.78 is 15.9. The second-order valence-electron chi connectivity index (χ2n) is 5.76. The number of hydrogen-bond acceptors (Lipinski definition) is 7. The number of rotatable bonds is 13. The average molecular weight is 387 g/mol. The zero-order valence-corrected chi connectivity index (χ0v) is 15.9. The number of ether oxygens (including phenoxy) is 3. The molecule has 1 N–H and O–H groups in total. The number of hydrogen-bond donors (Lipinski definition) is 1. The minimum atomic E-state index is 0.0168. The monoisotopic (exact) mass is 387 g/mol. The molecular weight excluding hydrogens is 362 g/mol. The molecule has 1 heterocycles. The smallest absolute Gasteiger partial charge is 0.213 e. The van der Waals surface area contributed by atoms with E-state index in [0.717, 1.165) is 16.8 Å². The Kier molecular flexibility index (Phi) is 9.64. The van der Waals surface area contributed by atoms with Crippen LogP contribution in [0.2, 0.25) is 0 Å². The molecule has 8 nitrogen and oxygen atoms in total. The molecule has 0 radical (unpaired) electrons. The van der Waals surface area contributed by atoms with Gasteiger partial charge in [-0.05, 0) is 29.3 Å². The van der Waals surface area contributed by atoms with Crippen LogP contribution in [0.25, 0.3) is 12.2 Å². The van der Waals surface area contributed by atoms with E-state index in [0.29, 0.717) is 38.9 Å². The van der Waals surface area contributed by atoms with Crippen molar-refractivity contribution in [1.82, 2.24) is 4.98 Å². The highest BCUT2D eigenvalue weighted by molar-refractivity contribution is 5.70. The maximum absolute atomic E-state index is 10.5. The molecule has 0 bridgehead atoms. The zero-order valence-electron chi connectivity index (χ0n) is 15.9. The SMILES string of the molecule is CN(N=O)c1ccc(/C=C/c2ccc(OCCOCCOCCO)nc2)cc1. The van der Waals surface area contributed by atoms with Crippen molar-refractivity contribution in [3.05, 3.63) is 58.6 Å². The molecular formula is C20H25N3O5. The van der Waals surface area contributed by atoms with Gasteiger partial charge in [0, 0.05) is 19.3 Å². The molecule has 0 atom stereocenters. The van der Waals surface area contributed by atoms with Gasteiger partial charge >= 0.3 is 0 Å².